The second-order valence-corrected chi connectivity index (χ2v) is 10.2. The number of ether oxygens (including phenoxy) is 1. The zero-order chi connectivity index (χ0) is 24.9. The number of hydrogen-bond acceptors (Lipinski definition) is 5. The van der Waals surface area contributed by atoms with E-state index in [2.05, 4.69) is 5.32 Å². The van der Waals surface area contributed by atoms with Gasteiger partial charge >= 0.3 is 5.97 Å². The lowest BCUT2D eigenvalue weighted by atomic mass is 9.80. The van der Waals surface area contributed by atoms with Gasteiger partial charge in [0.05, 0.1) is 33.8 Å². The van der Waals surface area contributed by atoms with Gasteiger partial charge in [0, 0.05) is 5.69 Å². The van der Waals surface area contributed by atoms with E-state index < -0.39 is 30.3 Å². The van der Waals surface area contributed by atoms with E-state index in [4.69, 9.17) is 27.9 Å². The molecule has 1 saturated heterocycles. The first-order valence-electron chi connectivity index (χ1n) is 11.6. The number of rotatable bonds is 6. The van der Waals surface area contributed by atoms with Crippen molar-refractivity contribution in [1.29, 1.82) is 0 Å². The number of amides is 3. The van der Waals surface area contributed by atoms with E-state index in [0.29, 0.717) is 17.8 Å². The molecule has 0 radical (unpaired) electrons. The molecule has 1 N–H and O–H groups in total. The number of anilines is 2. The van der Waals surface area contributed by atoms with Crippen LogP contribution < -0.4 is 10.2 Å². The Bertz CT molecular complexity index is 1170. The third-order valence-electron chi connectivity index (χ3n) is 7.36. The summed E-state index contributed by atoms with van der Waals surface area (Å²) in [6.45, 7) is 1.55. The van der Waals surface area contributed by atoms with Crippen LogP contribution in [0.3, 0.4) is 0 Å². The third kappa shape index (κ3) is 4.00. The maximum atomic E-state index is 13.1. The minimum Gasteiger partial charge on any atom is -0.452 e. The first kappa shape index (κ1) is 23.8. The number of fused-ring (bicyclic) bond motifs is 5. The Balaban J connectivity index is 1.22. The summed E-state index contributed by atoms with van der Waals surface area (Å²) in [5.41, 5.74) is 2.25. The van der Waals surface area contributed by atoms with Gasteiger partial charge in [0.2, 0.25) is 11.8 Å². The molecule has 9 heteroatoms. The maximum Gasteiger partial charge on any atom is 0.338 e. The number of carbonyl (C=O) groups is 4. The van der Waals surface area contributed by atoms with Crippen LogP contribution in [0.25, 0.3) is 0 Å². The van der Waals surface area contributed by atoms with Gasteiger partial charge in [-0.3, -0.25) is 19.3 Å². The fourth-order valence-corrected chi connectivity index (χ4v) is 6.59. The minimum atomic E-state index is -0.681. The highest BCUT2D eigenvalue weighted by Crippen LogP contribution is 2.59. The number of alkyl halides is 2. The number of halogens is 2. The molecule has 35 heavy (non-hydrogen) atoms. The second-order valence-electron chi connectivity index (χ2n) is 9.20. The van der Waals surface area contributed by atoms with Gasteiger partial charge in [-0.2, -0.15) is 0 Å². The number of nitrogens with one attached hydrogen (secondary N) is 1. The normalized spacial score (nSPS) is 28.8. The van der Waals surface area contributed by atoms with Crippen LogP contribution in [0.1, 0.15) is 29.3 Å². The molecule has 182 valence electrons. The Morgan fingerprint density at radius 1 is 0.971 bits per heavy atom. The van der Waals surface area contributed by atoms with E-state index in [1.165, 1.54) is 29.2 Å². The van der Waals surface area contributed by atoms with E-state index in [9.17, 15) is 19.2 Å². The molecule has 0 unspecified atom stereocenters. The predicted molar refractivity (Wildman–Crippen MR) is 132 cm³/mol. The van der Waals surface area contributed by atoms with E-state index in [1.54, 1.807) is 6.07 Å². The molecule has 1 heterocycles. The monoisotopic (exact) mass is 514 g/mol. The van der Waals surface area contributed by atoms with Crippen LogP contribution in [0.5, 0.6) is 0 Å². The first-order chi connectivity index (χ1) is 16.8. The fraction of sp³-hybridized carbons (Fsp3) is 0.385. The lowest BCUT2D eigenvalue weighted by molar-refractivity contribution is -0.123. The molecule has 0 spiro atoms. The molecular weight excluding hydrogens is 491 g/mol. The molecule has 5 rings (SSSR count). The van der Waals surface area contributed by atoms with Gasteiger partial charge < -0.3 is 10.1 Å². The summed E-state index contributed by atoms with van der Waals surface area (Å²) in [5.74, 6) is -2.72. The van der Waals surface area contributed by atoms with Gasteiger partial charge in [0.25, 0.3) is 5.91 Å². The van der Waals surface area contributed by atoms with Gasteiger partial charge in [-0.1, -0.05) is 25.1 Å². The van der Waals surface area contributed by atoms with E-state index in [0.717, 1.165) is 12.0 Å². The van der Waals surface area contributed by atoms with Gasteiger partial charge in [-0.15, -0.1) is 23.2 Å². The van der Waals surface area contributed by atoms with Crippen molar-refractivity contribution in [2.45, 2.75) is 30.5 Å². The van der Waals surface area contributed by atoms with Gasteiger partial charge in [-0.25, -0.2) is 4.79 Å². The van der Waals surface area contributed by atoms with Crippen LogP contribution in [0.15, 0.2) is 48.5 Å². The van der Waals surface area contributed by atoms with Crippen molar-refractivity contribution in [3.8, 4) is 0 Å². The standard InChI is InChI=1S/C26H24Cl2N2O5/c1-2-13-5-3-4-6-18(13)29-19(31)12-35-26(34)14-7-9-15(10-8-14)30-24(32)20-16-11-17(21(20)25(30)33)23(28)22(16)27/h3-10,16-17,20-23H,2,11-12H2,1H3,(H,29,31)/t16-,17-,20-,21-,22-,23+/m1/s1. The molecule has 3 fully saturated rings. The number of carbonyl (C=O) groups excluding carboxylic acids is 4. The molecule has 2 saturated carbocycles. The Labute approximate surface area is 212 Å². The number of para-hydroxylation sites is 1. The van der Waals surface area contributed by atoms with Gasteiger partial charge in [0.1, 0.15) is 0 Å². The number of imide groups is 1. The molecule has 2 aromatic rings. The molecule has 7 nitrogen and oxygen atoms in total. The number of aryl methyl sites for hydroxylation is 1. The summed E-state index contributed by atoms with van der Waals surface area (Å²) in [6.07, 6.45) is 1.46. The van der Waals surface area contributed by atoms with Crippen LogP contribution in [0.4, 0.5) is 11.4 Å². The van der Waals surface area contributed by atoms with Crippen molar-refractivity contribution in [1.82, 2.24) is 0 Å². The van der Waals surface area contributed by atoms with E-state index in [1.807, 2.05) is 25.1 Å². The zero-order valence-corrected chi connectivity index (χ0v) is 20.5. The molecule has 1 aliphatic heterocycles. The summed E-state index contributed by atoms with van der Waals surface area (Å²) in [6, 6.07) is 13.4. The fourth-order valence-electron chi connectivity index (χ4n) is 5.70. The van der Waals surface area contributed by atoms with E-state index in [-0.39, 0.29) is 40.0 Å². The Morgan fingerprint density at radius 2 is 1.57 bits per heavy atom. The summed E-state index contributed by atoms with van der Waals surface area (Å²) in [7, 11) is 0. The lowest BCUT2D eigenvalue weighted by Gasteiger charge is -2.28. The number of esters is 1. The third-order valence-corrected chi connectivity index (χ3v) is 8.67. The molecule has 3 amide bonds. The van der Waals surface area contributed by atoms with Crippen LogP contribution in [-0.2, 0) is 25.5 Å². The molecule has 0 aromatic heterocycles. The topological polar surface area (TPSA) is 92.8 Å². The molecule has 3 aliphatic rings. The highest BCUT2D eigenvalue weighted by Gasteiger charge is 2.66. The summed E-state index contributed by atoms with van der Waals surface area (Å²) in [5, 5.41) is 2.11. The Morgan fingerprint density at radius 3 is 2.17 bits per heavy atom. The minimum absolute atomic E-state index is 0.0969. The van der Waals surface area contributed by atoms with Gasteiger partial charge in [-0.05, 0) is 60.6 Å². The summed E-state index contributed by atoms with van der Waals surface area (Å²) in [4.78, 5) is 52.0. The first-order valence-corrected chi connectivity index (χ1v) is 12.5. The summed E-state index contributed by atoms with van der Waals surface area (Å²) >= 11 is 12.8. The quantitative estimate of drug-likeness (QED) is 0.357. The van der Waals surface area contributed by atoms with Crippen molar-refractivity contribution >= 4 is 58.3 Å². The van der Waals surface area contributed by atoms with Crippen LogP contribution in [-0.4, -0.2) is 41.1 Å². The zero-order valence-electron chi connectivity index (χ0n) is 18.9. The predicted octanol–water partition coefficient (Wildman–Crippen LogP) is 4.01. The Kier molecular flexibility index (Phi) is 6.32. The van der Waals surface area contributed by atoms with Crippen molar-refractivity contribution in [3.63, 3.8) is 0 Å². The molecular formula is C26H24Cl2N2O5. The molecule has 2 aromatic carbocycles. The van der Waals surface area contributed by atoms with E-state index >= 15 is 0 Å². The lowest BCUT2D eigenvalue weighted by Crippen LogP contribution is -2.37. The van der Waals surface area contributed by atoms with Crippen LogP contribution in [0.2, 0.25) is 0 Å². The highest BCUT2D eigenvalue weighted by molar-refractivity contribution is 6.32. The van der Waals surface area contributed by atoms with Crippen LogP contribution in [0, 0.1) is 23.7 Å². The van der Waals surface area contributed by atoms with Crippen molar-refractivity contribution < 1.29 is 23.9 Å². The average Bonchev–Trinajstić information content (AvgIpc) is 3.47. The molecule has 2 bridgehead atoms. The second kappa shape index (κ2) is 9.28. The largest absolute Gasteiger partial charge is 0.452 e. The smallest absolute Gasteiger partial charge is 0.338 e. The molecule has 6 atom stereocenters. The van der Waals surface area contributed by atoms with Crippen molar-refractivity contribution in [2.24, 2.45) is 23.7 Å². The van der Waals surface area contributed by atoms with Crippen molar-refractivity contribution in [3.05, 3.63) is 59.7 Å². The number of nitrogens with zero attached hydrogens (tertiary/aromatic N) is 1. The number of hydrogen-bond donors (Lipinski definition) is 1. The number of benzene rings is 2. The summed E-state index contributed by atoms with van der Waals surface area (Å²) < 4.78 is 5.14. The van der Waals surface area contributed by atoms with Gasteiger partial charge in [0.15, 0.2) is 6.61 Å². The SMILES string of the molecule is CCc1ccccc1NC(=O)COC(=O)c1ccc(N2C(=O)[C@@H]3[C@H]4C[C@@H]([C@@H](Cl)[C@H]4Cl)[C@H]3C2=O)cc1. The molecule has 2 aliphatic carbocycles. The average molecular weight is 515 g/mol. The highest BCUT2D eigenvalue weighted by atomic mass is 35.5. The van der Waals surface area contributed by atoms with Crippen molar-refractivity contribution in [2.75, 3.05) is 16.8 Å². The van der Waals surface area contributed by atoms with Crippen LogP contribution >= 0.6 is 23.2 Å². The maximum absolute atomic E-state index is 13.1. The Hall–Kier alpha value is -2.90.